The molecular weight excluding hydrogens is 512 g/mol. The van der Waals surface area contributed by atoms with Crippen molar-refractivity contribution in [2.24, 2.45) is 0 Å². The largest absolute Gasteiger partial charge is 0.483 e. The Bertz CT molecular complexity index is 1010. The summed E-state index contributed by atoms with van der Waals surface area (Å²) < 4.78 is 7.21. The van der Waals surface area contributed by atoms with Crippen molar-refractivity contribution < 1.29 is 14.3 Å². The van der Waals surface area contributed by atoms with E-state index in [1.165, 1.54) is 0 Å². The van der Waals surface area contributed by atoms with Gasteiger partial charge in [0.2, 0.25) is 5.91 Å². The minimum absolute atomic E-state index is 0.0517. The summed E-state index contributed by atoms with van der Waals surface area (Å²) in [4.78, 5) is 24.2. The number of anilines is 2. The topological polar surface area (TPSA) is 67.4 Å². The zero-order chi connectivity index (χ0) is 21.3. The second-order valence-corrected chi connectivity index (χ2v) is 8.29. The van der Waals surface area contributed by atoms with Crippen LogP contribution in [0.4, 0.5) is 11.4 Å². The third-order valence-electron chi connectivity index (χ3n) is 4.19. The van der Waals surface area contributed by atoms with Gasteiger partial charge in [0.05, 0.1) is 4.47 Å². The Kier molecular flexibility index (Phi) is 8.04. The molecule has 0 bridgehead atoms. The van der Waals surface area contributed by atoms with Crippen molar-refractivity contribution >= 4 is 55.0 Å². The van der Waals surface area contributed by atoms with Gasteiger partial charge in [0.1, 0.15) is 5.75 Å². The molecule has 2 N–H and O–H groups in total. The number of rotatable bonds is 8. The van der Waals surface area contributed by atoms with E-state index in [1.807, 2.05) is 42.5 Å². The Balaban J connectivity index is 1.44. The normalized spacial score (nSPS) is 10.3. The van der Waals surface area contributed by atoms with E-state index in [1.54, 1.807) is 30.3 Å². The van der Waals surface area contributed by atoms with Crippen molar-refractivity contribution in [1.29, 1.82) is 0 Å². The molecule has 3 aromatic carbocycles. The molecule has 5 nitrogen and oxygen atoms in total. The molecule has 2 amide bonds. The van der Waals surface area contributed by atoms with Crippen molar-refractivity contribution in [3.63, 3.8) is 0 Å². The molecule has 0 saturated carbocycles. The lowest BCUT2D eigenvalue weighted by Gasteiger charge is -2.10. The molecule has 3 rings (SSSR count). The van der Waals surface area contributed by atoms with Crippen LogP contribution in [-0.2, 0) is 16.0 Å². The van der Waals surface area contributed by atoms with Crippen LogP contribution in [0.15, 0.2) is 81.7 Å². The fourth-order valence-electron chi connectivity index (χ4n) is 2.70. The van der Waals surface area contributed by atoms with Crippen LogP contribution in [0.25, 0.3) is 0 Å². The van der Waals surface area contributed by atoms with Crippen molar-refractivity contribution in [3.8, 4) is 5.75 Å². The summed E-state index contributed by atoms with van der Waals surface area (Å²) in [7, 11) is 0. The number of halogens is 2. The summed E-state index contributed by atoms with van der Waals surface area (Å²) in [5, 5.41) is 5.63. The molecule has 0 aliphatic rings. The van der Waals surface area contributed by atoms with E-state index in [-0.39, 0.29) is 18.4 Å². The highest BCUT2D eigenvalue weighted by Gasteiger charge is 2.08. The second-order valence-electron chi connectivity index (χ2n) is 6.52. The average molecular weight is 532 g/mol. The molecule has 0 aliphatic heterocycles. The Morgan fingerprint density at radius 3 is 2.07 bits per heavy atom. The SMILES string of the molecule is O=C(CCc1ccccc1)Nc1ccc(NC(=O)COc2ccc(Br)cc2Br)cc1. The number of carbonyl (C=O) groups excluding carboxylic acids is 2. The maximum atomic E-state index is 12.1. The van der Waals surface area contributed by atoms with Crippen LogP contribution < -0.4 is 15.4 Å². The molecule has 0 aliphatic carbocycles. The first-order valence-corrected chi connectivity index (χ1v) is 10.9. The van der Waals surface area contributed by atoms with Gasteiger partial charge in [-0.1, -0.05) is 46.3 Å². The Morgan fingerprint density at radius 1 is 0.800 bits per heavy atom. The van der Waals surface area contributed by atoms with E-state index in [4.69, 9.17) is 4.74 Å². The molecule has 0 heterocycles. The predicted molar refractivity (Wildman–Crippen MR) is 126 cm³/mol. The minimum atomic E-state index is -0.274. The van der Waals surface area contributed by atoms with Gasteiger partial charge in [-0.25, -0.2) is 0 Å². The molecule has 0 saturated heterocycles. The Hall–Kier alpha value is -2.64. The quantitative estimate of drug-likeness (QED) is 0.386. The number of amides is 2. The first-order valence-electron chi connectivity index (χ1n) is 9.31. The third kappa shape index (κ3) is 7.00. The summed E-state index contributed by atoms with van der Waals surface area (Å²) in [5.41, 5.74) is 2.44. The fourth-order valence-corrected chi connectivity index (χ4v) is 3.86. The number of carbonyl (C=O) groups is 2. The van der Waals surface area contributed by atoms with Gasteiger partial charge in [0.15, 0.2) is 6.61 Å². The van der Waals surface area contributed by atoms with Gasteiger partial charge in [-0.05, 0) is 70.4 Å². The number of aryl methyl sites for hydroxylation is 1. The van der Waals surface area contributed by atoms with Crippen LogP contribution in [0.2, 0.25) is 0 Å². The molecule has 0 fully saturated rings. The van der Waals surface area contributed by atoms with Crippen LogP contribution in [-0.4, -0.2) is 18.4 Å². The number of hydrogen-bond donors (Lipinski definition) is 2. The summed E-state index contributed by atoms with van der Waals surface area (Å²) >= 11 is 6.76. The summed E-state index contributed by atoms with van der Waals surface area (Å²) in [6, 6.07) is 22.3. The van der Waals surface area contributed by atoms with Crippen LogP contribution in [0, 0.1) is 0 Å². The third-order valence-corrected chi connectivity index (χ3v) is 5.30. The lowest BCUT2D eigenvalue weighted by atomic mass is 10.1. The van der Waals surface area contributed by atoms with E-state index < -0.39 is 0 Å². The fraction of sp³-hybridized carbons (Fsp3) is 0.130. The zero-order valence-corrected chi connectivity index (χ0v) is 19.2. The summed E-state index contributed by atoms with van der Waals surface area (Å²) in [5.74, 6) is 0.260. The molecule has 0 unspecified atom stereocenters. The summed E-state index contributed by atoms with van der Waals surface area (Å²) in [6.07, 6.45) is 1.10. The van der Waals surface area contributed by atoms with Gasteiger partial charge in [0.25, 0.3) is 5.91 Å². The highest BCUT2D eigenvalue weighted by atomic mass is 79.9. The maximum Gasteiger partial charge on any atom is 0.262 e. The molecule has 0 spiro atoms. The van der Waals surface area contributed by atoms with Gasteiger partial charge in [-0.15, -0.1) is 0 Å². The summed E-state index contributed by atoms with van der Waals surface area (Å²) in [6.45, 7) is -0.113. The lowest BCUT2D eigenvalue weighted by Crippen LogP contribution is -2.20. The smallest absolute Gasteiger partial charge is 0.262 e. The molecule has 7 heteroatoms. The lowest BCUT2D eigenvalue weighted by molar-refractivity contribution is -0.118. The zero-order valence-electron chi connectivity index (χ0n) is 16.0. The highest BCUT2D eigenvalue weighted by molar-refractivity contribution is 9.11. The first kappa shape index (κ1) is 22.1. The highest BCUT2D eigenvalue weighted by Crippen LogP contribution is 2.28. The molecular formula is C23H20Br2N2O3. The number of benzene rings is 3. The Labute approximate surface area is 192 Å². The van der Waals surface area contributed by atoms with Crippen LogP contribution >= 0.6 is 31.9 Å². The van der Waals surface area contributed by atoms with E-state index in [0.717, 1.165) is 14.5 Å². The van der Waals surface area contributed by atoms with E-state index in [2.05, 4.69) is 42.5 Å². The standard InChI is InChI=1S/C23H20Br2N2O3/c24-17-7-12-21(20(25)14-17)30-15-23(29)27-19-10-8-18(9-11-19)26-22(28)13-6-16-4-2-1-3-5-16/h1-5,7-12,14H,6,13,15H2,(H,26,28)(H,27,29). The molecule has 0 radical (unpaired) electrons. The van der Waals surface area contributed by atoms with E-state index in [0.29, 0.717) is 30.0 Å². The van der Waals surface area contributed by atoms with Crippen LogP contribution in [0.3, 0.4) is 0 Å². The van der Waals surface area contributed by atoms with Crippen molar-refractivity contribution in [3.05, 3.63) is 87.3 Å². The molecule has 30 heavy (non-hydrogen) atoms. The Morgan fingerprint density at radius 2 is 1.43 bits per heavy atom. The number of ether oxygens (including phenoxy) is 1. The van der Waals surface area contributed by atoms with E-state index >= 15 is 0 Å². The van der Waals surface area contributed by atoms with Gasteiger partial charge >= 0.3 is 0 Å². The van der Waals surface area contributed by atoms with Gasteiger partial charge in [0, 0.05) is 22.3 Å². The number of nitrogens with one attached hydrogen (secondary N) is 2. The van der Waals surface area contributed by atoms with Crippen LogP contribution in [0.5, 0.6) is 5.75 Å². The minimum Gasteiger partial charge on any atom is -0.483 e. The van der Waals surface area contributed by atoms with Crippen molar-refractivity contribution in [1.82, 2.24) is 0 Å². The predicted octanol–water partition coefficient (Wildman–Crippen LogP) is 5.80. The molecule has 3 aromatic rings. The molecule has 154 valence electrons. The van der Waals surface area contributed by atoms with Crippen molar-refractivity contribution in [2.75, 3.05) is 17.2 Å². The maximum absolute atomic E-state index is 12.1. The van der Waals surface area contributed by atoms with Gasteiger partial charge in [-0.2, -0.15) is 0 Å². The van der Waals surface area contributed by atoms with E-state index in [9.17, 15) is 9.59 Å². The average Bonchev–Trinajstić information content (AvgIpc) is 2.74. The van der Waals surface area contributed by atoms with Crippen molar-refractivity contribution in [2.45, 2.75) is 12.8 Å². The van der Waals surface area contributed by atoms with Crippen LogP contribution in [0.1, 0.15) is 12.0 Å². The first-order chi connectivity index (χ1) is 14.5. The molecule has 0 aromatic heterocycles. The monoisotopic (exact) mass is 530 g/mol. The molecule has 0 atom stereocenters. The number of hydrogen-bond acceptors (Lipinski definition) is 3. The van der Waals surface area contributed by atoms with Gasteiger partial charge in [-0.3, -0.25) is 9.59 Å². The van der Waals surface area contributed by atoms with Gasteiger partial charge < -0.3 is 15.4 Å². The second kappa shape index (κ2) is 10.9.